The highest BCUT2D eigenvalue weighted by molar-refractivity contribution is 5.72. The summed E-state index contributed by atoms with van der Waals surface area (Å²) in [7, 11) is 0. The van der Waals surface area contributed by atoms with Crippen molar-refractivity contribution in [2.45, 2.75) is 6.92 Å². The molecule has 1 heterocycles. The molecule has 0 aliphatic rings. The SMILES string of the molecule is Cc1c(N)ncc(-c2ccccc2)c1O. The number of pyridine rings is 1. The molecule has 15 heavy (non-hydrogen) atoms. The molecule has 3 nitrogen and oxygen atoms in total. The van der Waals surface area contributed by atoms with Crippen LogP contribution in [0, 0.1) is 6.92 Å². The van der Waals surface area contributed by atoms with Gasteiger partial charge in [-0.2, -0.15) is 0 Å². The van der Waals surface area contributed by atoms with Gasteiger partial charge in [-0.3, -0.25) is 0 Å². The quantitative estimate of drug-likeness (QED) is 0.742. The number of rotatable bonds is 1. The maximum atomic E-state index is 9.91. The fourth-order valence-corrected chi connectivity index (χ4v) is 1.44. The molecule has 0 saturated carbocycles. The number of hydrogen-bond donors (Lipinski definition) is 2. The third-order valence-corrected chi connectivity index (χ3v) is 2.41. The lowest BCUT2D eigenvalue weighted by Crippen LogP contribution is -1.95. The number of nitrogens with zero attached hydrogens (tertiary/aromatic N) is 1. The Hall–Kier alpha value is -2.03. The Morgan fingerprint density at radius 1 is 1.20 bits per heavy atom. The molecular formula is C12H12N2O. The van der Waals surface area contributed by atoms with E-state index in [0.717, 1.165) is 5.56 Å². The van der Waals surface area contributed by atoms with Crippen LogP contribution in [0.4, 0.5) is 5.82 Å². The van der Waals surface area contributed by atoms with Crippen molar-refractivity contribution in [3.63, 3.8) is 0 Å². The first-order chi connectivity index (χ1) is 7.20. The summed E-state index contributed by atoms with van der Waals surface area (Å²) in [4.78, 5) is 4.03. The molecule has 0 atom stereocenters. The minimum absolute atomic E-state index is 0.203. The van der Waals surface area contributed by atoms with Gasteiger partial charge >= 0.3 is 0 Å². The molecule has 3 N–H and O–H groups in total. The van der Waals surface area contributed by atoms with Crippen molar-refractivity contribution in [2.75, 3.05) is 5.73 Å². The van der Waals surface area contributed by atoms with Gasteiger partial charge in [0.1, 0.15) is 11.6 Å². The predicted octanol–water partition coefficient (Wildman–Crippen LogP) is 2.34. The van der Waals surface area contributed by atoms with E-state index in [2.05, 4.69) is 4.98 Å². The van der Waals surface area contributed by atoms with Gasteiger partial charge in [-0.15, -0.1) is 0 Å². The molecule has 0 amide bonds. The van der Waals surface area contributed by atoms with Crippen LogP contribution in [-0.4, -0.2) is 10.1 Å². The second-order valence-electron chi connectivity index (χ2n) is 3.40. The van der Waals surface area contributed by atoms with E-state index in [0.29, 0.717) is 16.9 Å². The van der Waals surface area contributed by atoms with E-state index in [1.807, 2.05) is 30.3 Å². The number of hydrogen-bond acceptors (Lipinski definition) is 3. The first-order valence-electron chi connectivity index (χ1n) is 4.69. The topological polar surface area (TPSA) is 59.1 Å². The number of aromatic hydroxyl groups is 1. The summed E-state index contributed by atoms with van der Waals surface area (Å²) in [5, 5.41) is 9.91. The fourth-order valence-electron chi connectivity index (χ4n) is 1.44. The van der Waals surface area contributed by atoms with Gasteiger partial charge in [-0.25, -0.2) is 4.98 Å². The molecular weight excluding hydrogens is 188 g/mol. The Morgan fingerprint density at radius 2 is 1.87 bits per heavy atom. The summed E-state index contributed by atoms with van der Waals surface area (Å²) in [6, 6.07) is 9.61. The second-order valence-corrected chi connectivity index (χ2v) is 3.40. The van der Waals surface area contributed by atoms with Crippen LogP contribution in [0.5, 0.6) is 5.75 Å². The lowest BCUT2D eigenvalue weighted by atomic mass is 10.0. The summed E-state index contributed by atoms with van der Waals surface area (Å²) < 4.78 is 0. The summed E-state index contributed by atoms with van der Waals surface area (Å²) >= 11 is 0. The van der Waals surface area contributed by atoms with Crippen LogP contribution in [0.15, 0.2) is 36.5 Å². The van der Waals surface area contributed by atoms with Crippen molar-refractivity contribution >= 4 is 5.82 Å². The van der Waals surface area contributed by atoms with E-state index in [1.54, 1.807) is 13.1 Å². The first kappa shape index (κ1) is 9.52. The molecule has 0 fully saturated rings. The zero-order valence-corrected chi connectivity index (χ0v) is 8.44. The van der Waals surface area contributed by atoms with Gasteiger partial charge in [0, 0.05) is 17.3 Å². The number of aromatic nitrogens is 1. The van der Waals surface area contributed by atoms with E-state index in [4.69, 9.17) is 5.73 Å². The third kappa shape index (κ3) is 1.64. The van der Waals surface area contributed by atoms with Gasteiger partial charge < -0.3 is 10.8 Å². The Morgan fingerprint density at radius 3 is 2.53 bits per heavy atom. The maximum Gasteiger partial charge on any atom is 0.131 e. The van der Waals surface area contributed by atoms with E-state index >= 15 is 0 Å². The Labute approximate surface area is 88.2 Å². The van der Waals surface area contributed by atoms with Crippen molar-refractivity contribution in [2.24, 2.45) is 0 Å². The van der Waals surface area contributed by atoms with Crippen LogP contribution in [0.3, 0.4) is 0 Å². The molecule has 0 radical (unpaired) electrons. The fraction of sp³-hybridized carbons (Fsp3) is 0.0833. The molecule has 76 valence electrons. The van der Waals surface area contributed by atoms with Crippen molar-refractivity contribution in [3.8, 4) is 16.9 Å². The van der Waals surface area contributed by atoms with E-state index in [-0.39, 0.29) is 5.75 Å². The number of nitrogens with two attached hydrogens (primary N) is 1. The molecule has 0 aliphatic carbocycles. The van der Waals surface area contributed by atoms with Gasteiger partial charge in [-0.05, 0) is 12.5 Å². The second kappa shape index (κ2) is 3.61. The molecule has 0 unspecified atom stereocenters. The van der Waals surface area contributed by atoms with Crippen LogP contribution in [0.25, 0.3) is 11.1 Å². The Bertz CT molecular complexity index is 480. The number of anilines is 1. The summed E-state index contributed by atoms with van der Waals surface area (Å²) in [5.74, 6) is 0.570. The lowest BCUT2D eigenvalue weighted by molar-refractivity contribution is 0.473. The highest BCUT2D eigenvalue weighted by atomic mass is 16.3. The van der Waals surface area contributed by atoms with Gasteiger partial charge in [0.15, 0.2) is 0 Å². The van der Waals surface area contributed by atoms with Crippen LogP contribution < -0.4 is 5.73 Å². The van der Waals surface area contributed by atoms with Crippen LogP contribution >= 0.6 is 0 Å². The Kier molecular flexibility index (Phi) is 2.29. The minimum Gasteiger partial charge on any atom is -0.507 e. The average Bonchev–Trinajstić information content (AvgIpc) is 2.27. The van der Waals surface area contributed by atoms with Gasteiger partial charge in [0.05, 0.1) is 0 Å². The number of nitrogen functional groups attached to an aromatic ring is 1. The molecule has 1 aromatic heterocycles. The van der Waals surface area contributed by atoms with Crippen LogP contribution in [0.2, 0.25) is 0 Å². The van der Waals surface area contributed by atoms with E-state index in [1.165, 1.54) is 0 Å². The lowest BCUT2D eigenvalue weighted by Gasteiger charge is -2.08. The summed E-state index contributed by atoms with van der Waals surface area (Å²) in [6.07, 6.45) is 1.59. The van der Waals surface area contributed by atoms with Gasteiger partial charge in [0.2, 0.25) is 0 Å². The van der Waals surface area contributed by atoms with Gasteiger partial charge in [-0.1, -0.05) is 30.3 Å². The Balaban J connectivity index is 2.60. The normalized spacial score (nSPS) is 10.2. The van der Waals surface area contributed by atoms with E-state index < -0.39 is 0 Å². The zero-order valence-electron chi connectivity index (χ0n) is 8.44. The molecule has 3 heteroatoms. The maximum absolute atomic E-state index is 9.91. The molecule has 2 rings (SSSR count). The van der Waals surface area contributed by atoms with E-state index in [9.17, 15) is 5.11 Å². The highest BCUT2D eigenvalue weighted by Gasteiger charge is 2.09. The first-order valence-corrected chi connectivity index (χ1v) is 4.69. The average molecular weight is 200 g/mol. The smallest absolute Gasteiger partial charge is 0.131 e. The van der Waals surface area contributed by atoms with Crippen LogP contribution in [-0.2, 0) is 0 Å². The predicted molar refractivity (Wildman–Crippen MR) is 60.5 cm³/mol. The summed E-state index contributed by atoms with van der Waals surface area (Å²) in [5.41, 5.74) is 7.86. The van der Waals surface area contributed by atoms with Crippen molar-refractivity contribution in [1.29, 1.82) is 0 Å². The van der Waals surface area contributed by atoms with Gasteiger partial charge in [0.25, 0.3) is 0 Å². The molecule has 0 saturated heterocycles. The minimum atomic E-state index is 0.203. The highest BCUT2D eigenvalue weighted by Crippen LogP contribution is 2.32. The van der Waals surface area contributed by atoms with Crippen molar-refractivity contribution < 1.29 is 5.11 Å². The zero-order chi connectivity index (χ0) is 10.8. The summed E-state index contributed by atoms with van der Waals surface area (Å²) in [6.45, 7) is 1.75. The largest absolute Gasteiger partial charge is 0.507 e. The molecule has 0 aliphatic heterocycles. The molecule has 0 bridgehead atoms. The third-order valence-electron chi connectivity index (χ3n) is 2.41. The van der Waals surface area contributed by atoms with Crippen molar-refractivity contribution in [3.05, 3.63) is 42.1 Å². The molecule has 0 spiro atoms. The molecule has 1 aromatic carbocycles. The standard InChI is InChI=1S/C12H12N2O/c1-8-11(15)10(7-14-12(8)13)9-5-3-2-4-6-9/h2-7H,1H3,(H3,13,14,15). The molecule has 2 aromatic rings. The number of benzene rings is 1. The van der Waals surface area contributed by atoms with Crippen LogP contribution in [0.1, 0.15) is 5.56 Å². The monoisotopic (exact) mass is 200 g/mol. The van der Waals surface area contributed by atoms with Crippen molar-refractivity contribution in [1.82, 2.24) is 4.98 Å².